The molecule has 120 valence electrons. The number of carbonyl (C=O) groups is 1. The zero-order valence-electron chi connectivity index (χ0n) is 11.1. The maximum absolute atomic E-state index is 12.4. The molecule has 0 saturated heterocycles. The number of carbonyl (C=O) groups excluding carboxylic acids is 1. The quantitative estimate of drug-likeness (QED) is 0.731. The van der Waals surface area contributed by atoms with Crippen molar-refractivity contribution >= 4 is 64.0 Å². The Bertz CT molecular complexity index is 662. The van der Waals surface area contributed by atoms with Crippen molar-refractivity contribution in [2.24, 2.45) is 0 Å². The van der Waals surface area contributed by atoms with Crippen LogP contribution >= 0.6 is 58.0 Å². The first-order valence-corrected chi connectivity index (χ1v) is 7.89. The Kier molecular flexibility index (Phi) is 5.23. The predicted molar refractivity (Wildman–Crippen MR) is 83.9 cm³/mol. The molecule has 0 bridgehead atoms. The Balaban J connectivity index is 2.59. The fourth-order valence-electron chi connectivity index (χ4n) is 1.71. The molecule has 22 heavy (non-hydrogen) atoms. The van der Waals surface area contributed by atoms with E-state index in [1.165, 1.54) is 12.4 Å². The molecule has 7 nitrogen and oxygen atoms in total. The highest BCUT2D eigenvalue weighted by Crippen LogP contribution is 2.53. The van der Waals surface area contributed by atoms with E-state index in [9.17, 15) is 4.79 Å². The third kappa shape index (κ3) is 3.19. The van der Waals surface area contributed by atoms with Gasteiger partial charge in [0.1, 0.15) is 5.69 Å². The molecule has 0 aromatic carbocycles. The number of rotatable bonds is 3. The second-order valence-electron chi connectivity index (χ2n) is 4.25. The van der Waals surface area contributed by atoms with Crippen molar-refractivity contribution in [1.82, 2.24) is 30.0 Å². The molecule has 0 unspecified atom stereocenters. The largest absolute Gasteiger partial charge is 0.372 e. The van der Waals surface area contributed by atoms with E-state index in [1.54, 1.807) is 0 Å². The molecule has 2 rings (SSSR count). The van der Waals surface area contributed by atoms with E-state index in [4.69, 9.17) is 58.0 Å². The van der Waals surface area contributed by atoms with E-state index in [-0.39, 0.29) is 5.69 Å². The summed E-state index contributed by atoms with van der Waals surface area (Å²) in [4.78, 5) is 12.4. The van der Waals surface area contributed by atoms with Gasteiger partial charge in [0, 0.05) is 0 Å². The zero-order valence-corrected chi connectivity index (χ0v) is 14.8. The van der Waals surface area contributed by atoms with E-state index < -0.39 is 14.2 Å². The van der Waals surface area contributed by atoms with Crippen LogP contribution in [0.15, 0.2) is 12.4 Å². The molecule has 0 aliphatic heterocycles. The van der Waals surface area contributed by atoms with Crippen molar-refractivity contribution in [1.29, 1.82) is 0 Å². The number of aryl methyl sites for hydroxylation is 1. The predicted octanol–water partition coefficient (Wildman–Crippen LogP) is 3.34. The van der Waals surface area contributed by atoms with Crippen molar-refractivity contribution in [3.63, 3.8) is 0 Å². The lowest BCUT2D eigenvalue weighted by molar-refractivity contribution is 0.236. The van der Waals surface area contributed by atoms with Crippen molar-refractivity contribution in [2.45, 2.75) is 27.9 Å². The van der Waals surface area contributed by atoms with Gasteiger partial charge in [0.15, 0.2) is 0 Å². The molecule has 0 saturated carbocycles. The number of aromatic nitrogens is 6. The Morgan fingerprint density at radius 1 is 1.23 bits per heavy atom. The highest BCUT2D eigenvalue weighted by molar-refractivity contribution is 6.75. The highest BCUT2D eigenvalue weighted by Gasteiger charge is 2.52. The van der Waals surface area contributed by atoms with Gasteiger partial charge in [-0.2, -0.15) is 9.36 Å². The number of hydrogen-bond acceptors (Lipinski definition) is 5. The zero-order chi connectivity index (χ0) is 16.5. The van der Waals surface area contributed by atoms with E-state index in [2.05, 4.69) is 20.6 Å². The lowest BCUT2D eigenvalue weighted by Gasteiger charge is -2.27. The molecule has 0 amide bonds. The van der Waals surface area contributed by atoms with Crippen LogP contribution < -0.4 is 0 Å². The SMILES string of the molecule is CCCc1nnn(C(=O)n2ccnn2)c1C(Cl)(Cl)C(Cl)(Cl)Cl. The van der Waals surface area contributed by atoms with Crippen LogP contribution in [0, 0.1) is 0 Å². The fraction of sp³-hybridized carbons (Fsp3) is 0.500. The normalized spacial score (nSPS) is 12.6. The summed E-state index contributed by atoms with van der Waals surface area (Å²) in [7, 11) is 0. The van der Waals surface area contributed by atoms with Crippen molar-refractivity contribution in [2.75, 3.05) is 0 Å². The fourth-order valence-corrected chi connectivity index (χ4v) is 2.35. The van der Waals surface area contributed by atoms with Gasteiger partial charge in [0.25, 0.3) is 0 Å². The van der Waals surface area contributed by atoms with Crippen molar-refractivity contribution in [3.8, 4) is 0 Å². The molecule has 2 aromatic heterocycles. The minimum absolute atomic E-state index is 0.0156. The van der Waals surface area contributed by atoms with E-state index in [0.29, 0.717) is 18.5 Å². The standard InChI is InChI=1S/C10H9Cl5N6O/c1-2-3-6-7(9(11,12)10(13,14)15)21(19-17-6)8(22)20-5-4-16-18-20/h4-5H,2-3H2,1H3. The molecule has 12 heteroatoms. The van der Waals surface area contributed by atoms with Gasteiger partial charge in [-0.15, -0.1) is 10.2 Å². The molecule has 0 atom stereocenters. The molecular weight excluding hydrogens is 397 g/mol. The van der Waals surface area contributed by atoms with Gasteiger partial charge in [-0.25, -0.2) is 4.79 Å². The molecule has 0 aliphatic carbocycles. The topological polar surface area (TPSA) is 78.5 Å². The van der Waals surface area contributed by atoms with Crippen LogP contribution in [-0.4, -0.2) is 39.8 Å². The molecule has 0 fully saturated rings. The molecule has 0 spiro atoms. The van der Waals surface area contributed by atoms with Crippen LogP contribution in [0.5, 0.6) is 0 Å². The lowest BCUT2D eigenvalue weighted by Crippen LogP contribution is -2.35. The number of nitrogens with zero attached hydrogens (tertiary/aromatic N) is 6. The maximum atomic E-state index is 12.4. The minimum atomic E-state index is -2.11. The van der Waals surface area contributed by atoms with Crippen molar-refractivity contribution in [3.05, 3.63) is 23.8 Å². The van der Waals surface area contributed by atoms with Gasteiger partial charge >= 0.3 is 6.03 Å². The monoisotopic (exact) mass is 404 g/mol. The first kappa shape index (κ1) is 17.7. The second-order valence-corrected chi connectivity index (χ2v) is 7.86. The number of hydrogen-bond donors (Lipinski definition) is 0. The van der Waals surface area contributed by atoms with Crippen molar-refractivity contribution < 1.29 is 4.79 Å². The van der Waals surface area contributed by atoms with Gasteiger partial charge < -0.3 is 0 Å². The summed E-state index contributed by atoms with van der Waals surface area (Å²) < 4.78 is -2.37. The van der Waals surface area contributed by atoms with Crippen LogP contribution in [0.4, 0.5) is 4.79 Å². The van der Waals surface area contributed by atoms with Gasteiger partial charge in [0.2, 0.25) is 8.13 Å². The molecule has 0 radical (unpaired) electrons. The maximum Gasteiger partial charge on any atom is 0.372 e. The van der Waals surface area contributed by atoms with E-state index in [1.807, 2.05) is 6.92 Å². The average molecular weight is 406 g/mol. The Labute approximate surface area is 150 Å². The summed E-state index contributed by atoms with van der Waals surface area (Å²) in [5.74, 6) is 0. The van der Waals surface area contributed by atoms with Crippen LogP contribution in [-0.2, 0) is 10.8 Å². The van der Waals surface area contributed by atoms with E-state index in [0.717, 1.165) is 9.36 Å². The van der Waals surface area contributed by atoms with Crippen LogP contribution in [0.2, 0.25) is 0 Å². The minimum Gasteiger partial charge on any atom is -0.243 e. The summed E-state index contributed by atoms with van der Waals surface area (Å²) in [5.41, 5.74) is 0.338. The highest BCUT2D eigenvalue weighted by atomic mass is 35.6. The Morgan fingerprint density at radius 3 is 2.41 bits per heavy atom. The van der Waals surface area contributed by atoms with Crippen LogP contribution in [0.1, 0.15) is 24.7 Å². The van der Waals surface area contributed by atoms with Gasteiger partial charge in [-0.1, -0.05) is 81.8 Å². The summed E-state index contributed by atoms with van der Waals surface area (Å²) in [6.45, 7) is 1.90. The summed E-state index contributed by atoms with van der Waals surface area (Å²) >= 11 is 29.9. The summed E-state index contributed by atoms with van der Waals surface area (Å²) in [6, 6.07) is -0.706. The average Bonchev–Trinajstić information content (AvgIpc) is 3.06. The smallest absolute Gasteiger partial charge is 0.243 e. The third-order valence-corrected chi connectivity index (χ3v) is 5.04. The molecule has 0 N–H and O–H groups in total. The summed E-state index contributed by atoms with van der Waals surface area (Å²) in [6.07, 6.45) is 3.80. The molecule has 2 aromatic rings. The Morgan fingerprint density at radius 2 is 1.91 bits per heavy atom. The second kappa shape index (κ2) is 6.49. The van der Waals surface area contributed by atoms with E-state index >= 15 is 0 Å². The third-order valence-electron chi connectivity index (χ3n) is 2.68. The van der Waals surface area contributed by atoms with Gasteiger partial charge in [0.05, 0.1) is 18.1 Å². The van der Waals surface area contributed by atoms with Gasteiger partial charge in [-0.05, 0) is 6.42 Å². The first-order chi connectivity index (χ1) is 10.2. The van der Waals surface area contributed by atoms with Gasteiger partial charge in [-0.3, -0.25) is 0 Å². The summed E-state index contributed by atoms with van der Waals surface area (Å²) in [5, 5.41) is 14.8. The molecular formula is C10H9Cl5N6O. The molecule has 0 aliphatic rings. The number of halogens is 5. The first-order valence-electron chi connectivity index (χ1n) is 6.00. The lowest BCUT2D eigenvalue weighted by atomic mass is 10.1. The number of alkyl halides is 5. The Hall–Kier alpha value is -0.600. The van der Waals surface area contributed by atoms with Crippen LogP contribution in [0.25, 0.3) is 0 Å². The molecule has 2 heterocycles. The van der Waals surface area contributed by atoms with Crippen LogP contribution in [0.3, 0.4) is 0 Å².